The van der Waals surface area contributed by atoms with E-state index in [0.29, 0.717) is 11.7 Å². The summed E-state index contributed by atoms with van der Waals surface area (Å²) in [5, 5.41) is 0. The Kier molecular flexibility index (Phi) is 7.27. The second kappa shape index (κ2) is 8.26. The number of hydrogen-bond donors (Lipinski definition) is 0. The van der Waals surface area contributed by atoms with Gasteiger partial charge in [-0.25, -0.2) is 0 Å². The lowest BCUT2D eigenvalue weighted by molar-refractivity contribution is -0.141. The van der Waals surface area contributed by atoms with Gasteiger partial charge in [-0.05, 0) is 64.6 Å². The third-order valence-corrected chi connectivity index (χ3v) is 5.66. The first-order valence-electron chi connectivity index (χ1n) is 8.70. The molecule has 1 rings (SSSR count). The van der Waals surface area contributed by atoms with Gasteiger partial charge in [0.2, 0.25) is 0 Å². The zero-order chi connectivity index (χ0) is 16.8. The van der Waals surface area contributed by atoms with Gasteiger partial charge in [0.1, 0.15) is 5.60 Å². The molecule has 3 atom stereocenters. The standard InChI is InChI=1S/C19H34O2Si/c1-7-9-15-19(3,21-22(4,5)6)18(20)17-14-11-10-13-16(17)12-8-2/h7-8,16-17H,1-2,9-15H2,3-6H3. The smallest absolute Gasteiger partial charge is 0.185 e. The van der Waals surface area contributed by atoms with Crippen molar-refractivity contribution in [1.82, 2.24) is 0 Å². The first kappa shape index (κ1) is 19.4. The van der Waals surface area contributed by atoms with E-state index < -0.39 is 13.9 Å². The highest BCUT2D eigenvalue weighted by molar-refractivity contribution is 6.70. The van der Waals surface area contributed by atoms with Crippen LogP contribution in [0.2, 0.25) is 19.6 Å². The highest BCUT2D eigenvalue weighted by Crippen LogP contribution is 2.38. The molecule has 0 spiro atoms. The molecule has 3 heteroatoms. The van der Waals surface area contributed by atoms with Gasteiger partial charge in [0.25, 0.3) is 0 Å². The van der Waals surface area contributed by atoms with E-state index in [-0.39, 0.29) is 5.92 Å². The largest absolute Gasteiger partial charge is 0.405 e. The van der Waals surface area contributed by atoms with E-state index in [1.54, 1.807) is 0 Å². The third-order valence-electron chi connectivity index (χ3n) is 4.59. The van der Waals surface area contributed by atoms with Gasteiger partial charge < -0.3 is 4.43 Å². The van der Waals surface area contributed by atoms with Gasteiger partial charge >= 0.3 is 0 Å². The molecule has 0 aromatic heterocycles. The van der Waals surface area contributed by atoms with E-state index in [1.165, 1.54) is 6.42 Å². The van der Waals surface area contributed by atoms with Crippen molar-refractivity contribution in [3.05, 3.63) is 25.3 Å². The van der Waals surface area contributed by atoms with Gasteiger partial charge in [-0.2, -0.15) is 0 Å². The Morgan fingerprint density at radius 3 is 2.41 bits per heavy atom. The van der Waals surface area contributed by atoms with Crippen LogP contribution in [0.4, 0.5) is 0 Å². The fraction of sp³-hybridized carbons (Fsp3) is 0.737. The Labute approximate surface area is 138 Å². The zero-order valence-electron chi connectivity index (χ0n) is 15.0. The minimum absolute atomic E-state index is 0.137. The molecule has 0 bridgehead atoms. The summed E-state index contributed by atoms with van der Waals surface area (Å²) in [6.07, 6.45) is 10.9. The quantitative estimate of drug-likeness (QED) is 0.413. The van der Waals surface area contributed by atoms with E-state index >= 15 is 0 Å². The lowest BCUT2D eigenvalue weighted by atomic mass is 9.71. The predicted octanol–water partition coefficient (Wildman–Crippen LogP) is 5.51. The van der Waals surface area contributed by atoms with Crippen LogP contribution < -0.4 is 0 Å². The second-order valence-corrected chi connectivity index (χ2v) is 12.2. The van der Waals surface area contributed by atoms with Crippen molar-refractivity contribution in [2.24, 2.45) is 11.8 Å². The minimum atomic E-state index is -1.78. The first-order valence-corrected chi connectivity index (χ1v) is 12.1. The molecule has 0 aliphatic heterocycles. The predicted molar refractivity (Wildman–Crippen MR) is 97.5 cm³/mol. The molecule has 1 aliphatic rings. The molecule has 22 heavy (non-hydrogen) atoms. The van der Waals surface area contributed by atoms with Crippen LogP contribution >= 0.6 is 0 Å². The Morgan fingerprint density at radius 1 is 1.23 bits per heavy atom. The molecule has 0 aromatic carbocycles. The zero-order valence-corrected chi connectivity index (χ0v) is 16.0. The molecule has 126 valence electrons. The summed E-state index contributed by atoms with van der Waals surface area (Å²) in [5.74, 6) is 0.910. The number of Topliss-reactive ketones (excluding diaryl/α,β-unsaturated/α-hetero) is 1. The molecular formula is C19H34O2Si. The maximum absolute atomic E-state index is 13.3. The summed E-state index contributed by atoms with van der Waals surface area (Å²) < 4.78 is 6.38. The maximum Gasteiger partial charge on any atom is 0.185 e. The van der Waals surface area contributed by atoms with E-state index in [1.807, 2.05) is 19.1 Å². The summed E-state index contributed by atoms with van der Waals surface area (Å²) in [7, 11) is -1.78. The van der Waals surface area contributed by atoms with E-state index in [4.69, 9.17) is 4.43 Å². The number of allylic oxidation sites excluding steroid dienone is 2. The number of hydrogen-bond acceptors (Lipinski definition) is 2. The highest BCUT2D eigenvalue weighted by Gasteiger charge is 2.43. The highest BCUT2D eigenvalue weighted by atomic mass is 28.4. The summed E-state index contributed by atoms with van der Waals surface area (Å²) in [4.78, 5) is 13.3. The van der Waals surface area contributed by atoms with Gasteiger partial charge in [-0.1, -0.05) is 25.0 Å². The SMILES string of the molecule is C=CCCC(C)(O[Si](C)(C)C)C(=O)C1CCCCC1CC=C. The van der Waals surface area contributed by atoms with E-state index in [9.17, 15) is 4.79 Å². The number of carbonyl (C=O) groups excluding carboxylic acids is 1. The Bertz CT molecular complexity index is 397. The van der Waals surface area contributed by atoms with Gasteiger partial charge in [0.15, 0.2) is 14.1 Å². The van der Waals surface area contributed by atoms with Crippen LogP contribution in [0, 0.1) is 11.8 Å². The molecule has 0 amide bonds. The lowest BCUT2D eigenvalue weighted by Gasteiger charge is -2.40. The summed E-state index contributed by atoms with van der Waals surface area (Å²) in [6.45, 7) is 16.2. The number of rotatable bonds is 9. The van der Waals surface area contributed by atoms with Crippen LogP contribution in [0.25, 0.3) is 0 Å². The van der Waals surface area contributed by atoms with Crippen LogP contribution in [-0.4, -0.2) is 19.7 Å². The average Bonchev–Trinajstić information content (AvgIpc) is 2.43. The molecule has 0 radical (unpaired) electrons. The summed E-state index contributed by atoms with van der Waals surface area (Å²) in [6, 6.07) is 0. The van der Waals surface area contributed by atoms with Crippen molar-refractivity contribution in [1.29, 1.82) is 0 Å². The van der Waals surface area contributed by atoms with Crippen LogP contribution in [0.15, 0.2) is 25.3 Å². The molecule has 2 nitrogen and oxygen atoms in total. The lowest BCUT2D eigenvalue weighted by Crippen LogP contribution is -2.50. The number of carbonyl (C=O) groups is 1. The van der Waals surface area contributed by atoms with E-state index in [0.717, 1.165) is 38.5 Å². The fourth-order valence-corrected chi connectivity index (χ4v) is 5.27. The molecule has 3 unspecified atom stereocenters. The average molecular weight is 323 g/mol. The number of ketones is 1. The van der Waals surface area contributed by atoms with Crippen molar-refractivity contribution in [2.45, 2.75) is 77.1 Å². The molecule has 0 N–H and O–H groups in total. The topological polar surface area (TPSA) is 26.3 Å². The van der Waals surface area contributed by atoms with E-state index in [2.05, 4.69) is 32.8 Å². The second-order valence-electron chi connectivity index (χ2n) is 7.81. The molecule has 1 fully saturated rings. The molecule has 1 aliphatic carbocycles. The van der Waals surface area contributed by atoms with Crippen molar-refractivity contribution in [3.63, 3.8) is 0 Å². The van der Waals surface area contributed by atoms with Crippen molar-refractivity contribution < 1.29 is 9.22 Å². The third kappa shape index (κ3) is 5.51. The molecule has 0 aromatic rings. The molecule has 0 saturated heterocycles. The van der Waals surface area contributed by atoms with Crippen molar-refractivity contribution in [2.75, 3.05) is 0 Å². The Hall–Kier alpha value is -0.673. The Balaban J connectivity index is 2.97. The van der Waals surface area contributed by atoms with Gasteiger partial charge in [0.05, 0.1) is 0 Å². The van der Waals surface area contributed by atoms with Crippen LogP contribution in [-0.2, 0) is 9.22 Å². The van der Waals surface area contributed by atoms with Gasteiger partial charge in [0, 0.05) is 5.92 Å². The van der Waals surface area contributed by atoms with Crippen LogP contribution in [0.1, 0.15) is 51.9 Å². The summed E-state index contributed by atoms with van der Waals surface area (Å²) in [5.41, 5.74) is -0.653. The molecular weight excluding hydrogens is 288 g/mol. The minimum Gasteiger partial charge on any atom is -0.405 e. The van der Waals surface area contributed by atoms with Crippen LogP contribution in [0.5, 0.6) is 0 Å². The van der Waals surface area contributed by atoms with Crippen LogP contribution in [0.3, 0.4) is 0 Å². The summed E-state index contributed by atoms with van der Waals surface area (Å²) >= 11 is 0. The molecule has 0 heterocycles. The monoisotopic (exact) mass is 322 g/mol. The Morgan fingerprint density at radius 2 is 1.86 bits per heavy atom. The fourth-order valence-electron chi connectivity index (χ4n) is 3.72. The molecule has 1 saturated carbocycles. The van der Waals surface area contributed by atoms with Gasteiger partial charge in [-0.15, -0.1) is 13.2 Å². The van der Waals surface area contributed by atoms with Gasteiger partial charge in [-0.3, -0.25) is 4.79 Å². The van der Waals surface area contributed by atoms with Crippen molar-refractivity contribution >= 4 is 14.1 Å². The first-order chi connectivity index (χ1) is 10.2. The maximum atomic E-state index is 13.3. The van der Waals surface area contributed by atoms with Crippen molar-refractivity contribution in [3.8, 4) is 0 Å². The normalized spacial score (nSPS) is 25.3.